The predicted octanol–water partition coefficient (Wildman–Crippen LogP) is 4.26. The first-order chi connectivity index (χ1) is 15.2. The van der Waals surface area contributed by atoms with Crippen LogP contribution in [-0.2, 0) is 19.4 Å². The molecular formula is C26H24N4O. The lowest BCUT2D eigenvalue weighted by Gasteiger charge is -2.08. The van der Waals surface area contributed by atoms with Crippen LogP contribution in [0.2, 0.25) is 0 Å². The second-order valence-electron chi connectivity index (χ2n) is 7.91. The number of hydrogen-bond acceptors (Lipinski definition) is 2. The zero-order chi connectivity index (χ0) is 21.2. The van der Waals surface area contributed by atoms with Gasteiger partial charge in [0.25, 0.3) is 5.91 Å². The fourth-order valence-corrected chi connectivity index (χ4v) is 4.25. The summed E-state index contributed by atoms with van der Waals surface area (Å²) in [5.74, 6) is -0.279. The Hall–Kier alpha value is -3.73. The summed E-state index contributed by atoms with van der Waals surface area (Å²) in [5, 5.41) is 4.74. The number of amides is 1. The van der Waals surface area contributed by atoms with Crippen LogP contribution in [0.1, 0.15) is 39.3 Å². The van der Waals surface area contributed by atoms with E-state index in [1.54, 1.807) is 0 Å². The summed E-state index contributed by atoms with van der Waals surface area (Å²) in [7, 11) is 0. The van der Waals surface area contributed by atoms with Crippen LogP contribution in [-0.4, -0.2) is 20.3 Å². The average molecular weight is 409 g/mol. The number of rotatable bonds is 4. The lowest BCUT2D eigenvalue weighted by molar-refractivity contribution is 0.0991. The third-order valence-corrected chi connectivity index (χ3v) is 5.80. The van der Waals surface area contributed by atoms with Crippen molar-refractivity contribution < 1.29 is 4.79 Å². The summed E-state index contributed by atoms with van der Waals surface area (Å²) >= 11 is 0. The van der Waals surface area contributed by atoms with Gasteiger partial charge in [-0.3, -0.25) is 4.79 Å². The zero-order valence-electron chi connectivity index (χ0n) is 17.5. The monoisotopic (exact) mass is 408 g/mol. The molecular weight excluding hydrogens is 384 g/mol. The van der Waals surface area contributed by atoms with E-state index in [0.717, 1.165) is 47.3 Å². The standard InChI is InChI=1S/C26H24N4O/c1-19-10-5-6-14-22(19)30-23-15-9-13-21(23)25(28-30)26(31)27-24-16-7-8-17-29(24)18-20-11-3-2-4-12-20/h2-8,10-12,14,16-17H,9,13,15,18H2,1H3. The topological polar surface area (TPSA) is 52.2 Å². The molecule has 4 aromatic rings. The van der Waals surface area contributed by atoms with Gasteiger partial charge in [-0.25, -0.2) is 4.68 Å². The van der Waals surface area contributed by atoms with Crippen LogP contribution >= 0.6 is 0 Å². The van der Waals surface area contributed by atoms with Gasteiger partial charge in [-0.2, -0.15) is 10.1 Å². The highest BCUT2D eigenvalue weighted by molar-refractivity contribution is 5.95. The quantitative estimate of drug-likeness (QED) is 0.507. The summed E-state index contributed by atoms with van der Waals surface area (Å²) in [6.07, 6.45) is 4.80. The van der Waals surface area contributed by atoms with Crippen LogP contribution in [0.25, 0.3) is 5.69 Å². The number of carbonyl (C=O) groups is 1. The highest BCUT2D eigenvalue weighted by Crippen LogP contribution is 2.29. The van der Waals surface area contributed by atoms with Crippen molar-refractivity contribution in [3.05, 3.63) is 113 Å². The van der Waals surface area contributed by atoms with E-state index in [9.17, 15) is 4.79 Å². The minimum Gasteiger partial charge on any atom is -0.328 e. The molecule has 0 unspecified atom stereocenters. The zero-order valence-corrected chi connectivity index (χ0v) is 17.5. The molecule has 5 rings (SSSR count). The molecule has 5 nitrogen and oxygen atoms in total. The van der Waals surface area contributed by atoms with E-state index in [1.165, 1.54) is 0 Å². The van der Waals surface area contributed by atoms with E-state index in [1.807, 2.05) is 64.0 Å². The van der Waals surface area contributed by atoms with E-state index in [2.05, 4.69) is 36.2 Å². The van der Waals surface area contributed by atoms with E-state index < -0.39 is 0 Å². The Kier molecular flexibility index (Phi) is 5.08. The van der Waals surface area contributed by atoms with Gasteiger partial charge in [-0.15, -0.1) is 0 Å². The molecule has 1 amide bonds. The molecule has 2 heterocycles. The van der Waals surface area contributed by atoms with Gasteiger partial charge in [-0.05, 0) is 55.5 Å². The summed E-state index contributed by atoms with van der Waals surface area (Å²) in [6.45, 7) is 2.73. The first-order valence-electron chi connectivity index (χ1n) is 10.7. The number of hydrogen-bond donors (Lipinski definition) is 0. The first-order valence-corrected chi connectivity index (χ1v) is 10.7. The van der Waals surface area contributed by atoms with E-state index in [4.69, 9.17) is 5.10 Å². The Morgan fingerprint density at radius 2 is 1.74 bits per heavy atom. The third kappa shape index (κ3) is 3.75. The lowest BCUT2D eigenvalue weighted by Crippen LogP contribution is -2.22. The summed E-state index contributed by atoms with van der Waals surface area (Å²) < 4.78 is 3.94. The number of aryl methyl sites for hydroxylation is 1. The minimum atomic E-state index is -0.279. The van der Waals surface area contributed by atoms with Gasteiger partial charge in [0.05, 0.1) is 5.69 Å². The van der Waals surface area contributed by atoms with Crippen molar-refractivity contribution in [3.63, 3.8) is 0 Å². The fraction of sp³-hybridized carbons (Fsp3) is 0.192. The van der Waals surface area contributed by atoms with Crippen molar-refractivity contribution >= 4 is 5.91 Å². The number of fused-ring (bicyclic) bond motifs is 1. The van der Waals surface area contributed by atoms with Crippen molar-refractivity contribution in [1.29, 1.82) is 0 Å². The maximum Gasteiger partial charge on any atom is 0.299 e. The molecule has 0 bridgehead atoms. The summed E-state index contributed by atoms with van der Waals surface area (Å²) in [5.41, 5.74) is 6.62. The molecule has 2 aromatic carbocycles. The molecule has 31 heavy (non-hydrogen) atoms. The molecule has 5 heteroatoms. The Balaban J connectivity index is 1.55. The molecule has 1 aliphatic rings. The smallest absolute Gasteiger partial charge is 0.299 e. The van der Waals surface area contributed by atoms with Crippen LogP contribution in [0.4, 0.5) is 0 Å². The van der Waals surface area contributed by atoms with Crippen LogP contribution in [0.15, 0.2) is 84.0 Å². The number of aromatic nitrogens is 3. The predicted molar refractivity (Wildman–Crippen MR) is 120 cm³/mol. The fourth-order valence-electron chi connectivity index (χ4n) is 4.25. The molecule has 0 saturated carbocycles. The average Bonchev–Trinajstić information content (AvgIpc) is 3.39. The van der Waals surface area contributed by atoms with Gasteiger partial charge in [0.1, 0.15) is 5.49 Å². The molecule has 0 fully saturated rings. The number of carbonyl (C=O) groups excluding carboxylic acids is 1. The van der Waals surface area contributed by atoms with Crippen molar-refractivity contribution in [2.45, 2.75) is 32.7 Å². The van der Waals surface area contributed by atoms with Crippen molar-refractivity contribution in [2.75, 3.05) is 0 Å². The first kappa shape index (κ1) is 19.2. The lowest BCUT2D eigenvalue weighted by atomic mass is 10.2. The van der Waals surface area contributed by atoms with E-state index in [-0.39, 0.29) is 5.91 Å². The molecule has 2 aromatic heterocycles. The molecule has 0 aliphatic heterocycles. The Morgan fingerprint density at radius 1 is 0.968 bits per heavy atom. The van der Waals surface area contributed by atoms with Gasteiger partial charge in [0, 0.05) is 24.0 Å². The van der Waals surface area contributed by atoms with Crippen LogP contribution in [0.3, 0.4) is 0 Å². The highest BCUT2D eigenvalue weighted by atomic mass is 16.1. The summed E-state index contributed by atoms with van der Waals surface area (Å²) in [4.78, 5) is 17.7. The van der Waals surface area contributed by atoms with Crippen LogP contribution in [0, 0.1) is 6.92 Å². The Bertz CT molecular complexity index is 1310. The van der Waals surface area contributed by atoms with Gasteiger partial charge in [0.15, 0.2) is 5.69 Å². The second kappa shape index (κ2) is 8.19. The van der Waals surface area contributed by atoms with Crippen molar-refractivity contribution in [3.8, 4) is 5.69 Å². The Morgan fingerprint density at radius 3 is 2.58 bits per heavy atom. The maximum atomic E-state index is 13.3. The van der Waals surface area contributed by atoms with Gasteiger partial charge >= 0.3 is 0 Å². The SMILES string of the molecule is Cc1ccccc1-n1nc(C(=O)N=c2ccccn2Cc2ccccc2)c2c1CCC2. The second-order valence-corrected chi connectivity index (χ2v) is 7.91. The highest BCUT2D eigenvalue weighted by Gasteiger charge is 2.27. The molecule has 0 saturated heterocycles. The number of pyridine rings is 1. The molecule has 0 atom stereocenters. The molecule has 0 spiro atoms. The van der Waals surface area contributed by atoms with Crippen molar-refractivity contribution in [2.24, 2.45) is 4.99 Å². The summed E-state index contributed by atoms with van der Waals surface area (Å²) in [6, 6.07) is 24.1. The Labute approximate surface area is 181 Å². The molecule has 0 radical (unpaired) electrons. The molecule has 1 aliphatic carbocycles. The molecule has 154 valence electrons. The van der Waals surface area contributed by atoms with E-state index >= 15 is 0 Å². The number of benzene rings is 2. The van der Waals surface area contributed by atoms with Crippen LogP contribution < -0.4 is 5.49 Å². The third-order valence-electron chi connectivity index (χ3n) is 5.80. The number of para-hydroxylation sites is 1. The molecule has 0 N–H and O–H groups in total. The largest absolute Gasteiger partial charge is 0.328 e. The van der Waals surface area contributed by atoms with Gasteiger partial charge in [0.2, 0.25) is 0 Å². The van der Waals surface area contributed by atoms with Crippen LogP contribution in [0.5, 0.6) is 0 Å². The van der Waals surface area contributed by atoms with Gasteiger partial charge in [-0.1, -0.05) is 54.6 Å². The maximum absolute atomic E-state index is 13.3. The number of nitrogens with zero attached hydrogens (tertiary/aromatic N) is 4. The normalized spacial score (nSPS) is 13.4. The minimum absolute atomic E-state index is 0.279. The van der Waals surface area contributed by atoms with E-state index in [0.29, 0.717) is 17.7 Å². The van der Waals surface area contributed by atoms with Gasteiger partial charge < -0.3 is 4.57 Å². The van der Waals surface area contributed by atoms with Crippen molar-refractivity contribution in [1.82, 2.24) is 14.3 Å².